The average molecular weight is 270 g/mol. The third kappa shape index (κ3) is 2.47. The summed E-state index contributed by atoms with van der Waals surface area (Å²) in [6, 6.07) is 12.3. The summed E-state index contributed by atoms with van der Waals surface area (Å²) in [7, 11) is 2.06. The molecule has 0 fully saturated rings. The Morgan fingerprint density at radius 1 is 1.25 bits per heavy atom. The Bertz CT molecular complexity index is 681. The summed E-state index contributed by atoms with van der Waals surface area (Å²) in [6.07, 6.45) is 0. The second kappa shape index (κ2) is 5.13. The van der Waals surface area contributed by atoms with Gasteiger partial charge in [-0.1, -0.05) is 23.4 Å². The van der Waals surface area contributed by atoms with Crippen LogP contribution in [-0.2, 0) is 6.54 Å². The van der Waals surface area contributed by atoms with E-state index in [2.05, 4.69) is 36.2 Å². The van der Waals surface area contributed by atoms with Gasteiger partial charge >= 0.3 is 0 Å². The molecule has 4 nitrogen and oxygen atoms in total. The fourth-order valence-electron chi connectivity index (χ4n) is 2.31. The summed E-state index contributed by atoms with van der Waals surface area (Å²) < 4.78 is 11.0. The number of aromatic nitrogens is 1. The molecule has 1 aromatic carbocycles. The van der Waals surface area contributed by atoms with E-state index < -0.39 is 0 Å². The smallest absolute Gasteiger partial charge is 0.134 e. The maximum absolute atomic E-state index is 5.91. The molecule has 0 saturated carbocycles. The second-order valence-corrected chi connectivity index (χ2v) is 5.21. The first-order valence-electron chi connectivity index (χ1n) is 6.74. The SMILES string of the molecule is Cc1cc(CN(C)[C@@H](C)c2cc3ccccc3o2)no1. The minimum Gasteiger partial charge on any atom is -0.459 e. The van der Waals surface area contributed by atoms with Gasteiger partial charge in [-0.2, -0.15) is 0 Å². The van der Waals surface area contributed by atoms with Gasteiger partial charge in [0.05, 0.1) is 11.7 Å². The summed E-state index contributed by atoms with van der Waals surface area (Å²) in [6.45, 7) is 4.76. The van der Waals surface area contributed by atoms with Crippen molar-refractivity contribution >= 4 is 11.0 Å². The molecule has 0 aliphatic carbocycles. The van der Waals surface area contributed by atoms with Crippen LogP contribution >= 0.6 is 0 Å². The van der Waals surface area contributed by atoms with Crippen molar-refractivity contribution in [2.45, 2.75) is 26.4 Å². The van der Waals surface area contributed by atoms with Crippen LogP contribution in [0.3, 0.4) is 0 Å². The Morgan fingerprint density at radius 2 is 2.05 bits per heavy atom. The van der Waals surface area contributed by atoms with Gasteiger partial charge in [-0.05, 0) is 33.0 Å². The number of hydrogen-bond acceptors (Lipinski definition) is 4. The van der Waals surface area contributed by atoms with Gasteiger partial charge in [0.1, 0.15) is 17.1 Å². The van der Waals surface area contributed by atoms with E-state index in [9.17, 15) is 0 Å². The molecule has 0 bridgehead atoms. The number of aryl methyl sites for hydroxylation is 1. The quantitative estimate of drug-likeness (QED) is 0.720. The Morgan fingerprint density at radius 3 is 2.75 bits per heavy atom. The highest BCUT2D eigenvalue weighted by Crippen LogP contribution is 2.27. The Labute approximate surface area is 118 Å². The van der Waals surface area contributed by atoms with E-state index >= 15 is 0 Å². The highest BCUT2D eigenvalue weighted by Gasteiger charge is 2.17. The number of rotatable bonds is 4. The maximum atomic E-state index is 5.91. The molecule has 0 saturated heterocycles. The normalized spacial score (nSPS) is 13.2. The van der Waals surface area contributed by atoms with Crippen molar-refractivity contribution in [3.05, 3.63) is 53.6 Å². The van der Waals surface area contributed by atoms with Crippen LogP contribution in [0.15, 0.2) is 45.3 Å². The third-order valence-electron chi connectivity index (χ3n) is 3.61. The Balaban J connectivity index is 1.78. The first kappa shape index (κ1) is 12.9. The van der Waals surface area contributed by atoms with E-state index in [1.807, 2.05) is 31.2 Å². The predicted molar refractivity (Wildman–Crippen MR) is 77.3 cm³/mol. The molecule has 2 aromatic heterocycles. The number of para-hydroxylation sites is 1. The van der Waals surface area contributed by atoms with Crippen LogP contribution in [0.4, 0.5) is 0 Å². The molecule has 104 valence electrons. The highest BCUT2D eigenvalue weighted by atomic mass is 16.5. The van der Waals surface area contributed by atoms with Crippen LogP contribution in [0.25, 0.3) is 11.0 Å². The van der Waals surface area contributed by atoms with Gasteiger partial charge in [0.2, 0.25) is 0 Å². The van der Waals surface area contributed by atoms with Gasteiger partial charge in [-0.25, -0.2) is 0 Å². The van der Waals surface area contributed by atoms with Gasteiger partial charge in [-0.15, -0.1) is 0 Å². The number of nitrogens with zero attached hydrogens (tertiary/aromatic N) is 2. The van der Waals surface area contributed by atoms with Gasteiger partial charge in [0.15, 0.2) is 0 Å². The summed E-state index contributed by atoms with van der Waals surface area (Å²) in [5, 5.41) is 5.17. The number of fused-ring (bicyclic) bond motifs is 1. The minimum atomic E-state index is 0.180. The first-order valence-corrected chi connectivity index (χ1v) is 6.74. The van der Waals surface area contributed by atoms with Gasteiger partial charge in [0, 0.05) is 18.0 Å². The zero-order chi connectivity index (χ0) is 14.1. The van der Waals surface area contributed by atoms with Crippen molar-refractivity contribution in [2.75, 3.05) is 7.05 Å². The van der Waals surface area contributed by atoms with Crippen LogP contribution in [0, 0.1) is 6.92 Å². The molecule has 0 aliphatic heterocycles. The molecule has 0 unspecified atom stereocenters. The molecular formula is C16H18N2O2. The van der Waals surface area contributed by atoms with Crippen LogP contribution in [0.1, 0.15) is 30.2 Å². The summed E-state index contributed by atoms with van der Waals surface area (Å²) in [5.41, 5.74) is 1.87. The molecule has 3 rings (SSSR count). The summed E-state index contributed by atoms with van der Waals surface area (Å²) >= 11 is 0. The average Bonchev–Trinajstić information content (AvgIpc) is 3.03. The molecule has 3 aromatic rings. The molecular weight excluding hydrogens is 252 g/mol. The molecule has 0 radical (unpaired) electrons. The number of benzene rings is 1. The van der Waals surface area contributed by atoms with Crippen LogP contribution in [-0.4, -0.2) is 17.1 Å². The largest absolute Gasteiger partial charge is 0.459 e. The summed E-state index contributed by atoms with van der Waals surface area (Å²) in [5.74, 6) is 1.80. The molecule has 2 heterocycles. The van der Waals surface area contributed by atoms with Crippen molar-refractivity contribution in [1.29, 1.82) is 0 Å². The molecule has 0 N–H and O–H groups in total. The van der Waals surface area contributed by atoms with E-state index in [-0.39, 0.29) is 6.04 Å². The fourth-order valence-corrected chi connectivity index (χ4v) is 2.31. The predicted octanol–water partition coefficient (Wildman–Crippen LogP) is 3.92. The van der Waals surface area contributed by atoms with Crippen molar-refractivity contribution < 1.29 is 8.94 Å². The second-order valence-electron chi connectivity index (χ2n) is 5.21. The molecule has 0 aliphatic rings. The molecule has 0 amide bonds. The standard InChI is InChI=1S/C16H18N2O2/c1-11-8-14(17-20-11)10-18(3)12(2)16-9-13-6-4-5-7-15(13)19-16/h4-9,12H,10H2,1-3H3/t12-/m0/s1. The third-order valence-corrected chi connectivity index (χ3v) is 3.61. The van der Waals surface area contributed by atoms with Crippen LogP contribution in [0.2, 0.25) is 0 Å². The lowest BCUT2D eigenvalue weighted by atomic mass is 10.2. The number of hydrogen-bond donors (Lipinski definition) is 0. The van der Waals surface area contributed by atoms with E-state index in [0.717, 1.165) is 34.7 Å². The lowest BCUT2D eigenvalue weighted by Gasteiger charge is -2.21. The zero-order valence-electron chi connectivity index (χ0n) is 12.0. The van der Waals surface area contributed by atoms with E-state index in [1.165, 1.54) is 0 Å². The first-order chi connectivity index (χ1) is 9.63. The van der Waals surface area contributed by atoms with Crippen molar-refractivity contribution in [1.82, 2.24) is 10.1 Å². The summed E-state index contributed by atoms with van der Waals surface area (Å²) in [4.78, 5) is 2.19. The van der Waals surface area contributed by atoms with Crippen molar-refractivity contribution in [2.24, 2.45) is 0 Å². The van der Waals surface area contributed by atoms with E-state index in [4.69, 9.17) is 8.94 Å². The maximum Gasteiger partial charge on any atom is 0.134 e. The lowest BCUT2D eigenvalue weighted by molar-refractivity contribution is 0.220. The van der Waals surface area contributed by atoms with Gasteiger partial charge < -0.3 is 8.94 Å². The fraction of sp³-hybridized carbons (Fsp3) is 0.312. The minimum absolute atomic E-state index is 0.180. The van der Waals surface area contributed by atoms with Crippen molar-refractivity contribution in [3.8, 4) is 0 Å². The monoisotopic (exact) mass is 270 g/mol. The Hall–Kier alpha value is -2.07. The van der Waals surface area contributed by atoms with E-state index in [0.29, 0.717) is 0 Å². The van der Waals surface area contributed by atoms with E-state index in [1.54, 1.807) is 0 Å². The zero-order valence-corrected chi connectivity index (χ0v) is 12.0. The molecule has 0 spiro atoms. The highest BCUT2D eigenvalue weighted by molar-refractivity contribution is 5.77. The van der Waals surface area contributed by atoms with Gasteiger partial charge in [0.25, 0.3) is 0 Å². The number of furan rings is 1. The molecule has 20 heavy (non-hydrogen) atoms. The lowest BCUT2D eigenvalue weighted by Crippen LogP contribution is -2.21. The van der Waals surface area contributed by atoms with Crippen molar-refractivity contribution in [3.63, 3.8) is 0 Å². The van der Waals surface area contributed by atoms with Crippen LogP contribution in [0.5, 0.6) is 0 Å². The molecule has 1 atom stereocenters. The van der Waals surface area contributed by atoms with Gasteiger partial charge in [-0.3, -0.25) is 4.90 Å². The topological polar surface area (TPSA) is 42.4 Å². The van der Waals surface area contributed by atoms with Crippen LogP contribution < -0.4 is 0 Å². The molecule has 4 heteroatoms. The Kier molecular flexibility index (Phi) is 3.32.